The van der Waals surface area contributed by atoms with E-state index >= 15 is 4.39 Å². The van der Waals surface area contributed by atoms with E-state index in [0.717, 1.165) is 6.07 Å². The average molecular weight is 496 g/mol. The van der Waals surface area contributed by atoms with Gasteiger partial charge in [-0.3, -0.25) is 4.79 Å². The summed E-state index contributed by atoms with van der Waals surface area (Å²) in [7, 11) is 0. The van der Waals surface area contributed by atoms with Crippen LogP contribution in [0.5, 0.6) is 11.5 Å². The molecule has 2 aliphatic rings. The maximum absolute atomic E-state index is 15.6. The number of aromatic carboxylic acids is 1. The zero-order chi connectivity index (χ0) is 25.9. The molecule has 36 heavy (non-hydrogen) atoms. The van der Waals surface area contributed by atoms with E-state index in [4.69, 9.17) is 15.2 Å². The largest absolute Gasteiger partial charge is 0.477 e. The number of carbonyl (C=O) groups excluding carboxylic acids is 1. The van der Waals surface area contributed by atoms with Crippen LogP contribution in [0.3, 0.4) is 0 Å². The van der Waals surface area contributed by atoms with E-state index in [0.29, 0.717) is 30.1 Å². The van der Waals surface area contributed by atoms with Crippen molar-refractivity contribution >= 4 is 34.3 Å². The van der Waals surface area contributed by atoms with Crippen LogP contribution in [0.1, 0.15) is 37.6 Å². The standard InChI is InChI=1S/C25H25FN4O6/c1-25(2,3)36-24(34)28-13-6-7-29(10-13)20-16(26)9-14-19-22(20)35-18-8-12(27)4-5-17(18)30(19)11-15(21(14)31)23(32)33/h4-5,8-9,11,13H,6-7,10,27H2,1-3H3,(H,28,34)(H,32,33)/t13-/m0/s1. The molecule has 0 aliphatic carbocycles. The minimum Gasteiger partial charge on any atom is -0.477 e. The van der Waals surface area contributed by atoms with Crippen LogP contribution in [0.15, 0.2) is 35.3 Å². The maximum Gasteiger partial charge on any atom is 0.407 e. The Kier molecular flexibility index (Phi) is 5.31. The Labute approximate surface area is 205 Å². The van der Waals surface area contributed by atoms with Crippen LogP contribution in [0, 0.1) is 5.82 Å². The molecule has 3 heterocycles. The smallest absolute Gasteiger partial charge is 0.407 e. The van der Waals surface area contributed by atoms with Crippen LogP contribution in [-0.2, 0) is 4.74 Å². The lowest BCUT2D eigenvalue weighted by Crippen LogP contribution is -2.40. The van der Waals surface area contributed by atoms with Gasteiger partial charge >= 0.3 is 12.1 Å². The molecule has 0 unspecified atom stereocenters. The fraction of sp³-hybridized carbons (Fsp3) is 0.320. The zero-order valence-corrected chi connectivity index (χ0v) is 19.9. The zero-order valence-electron chi connectivity index (χ0n) is 19.9. The van der Waals surface area contributed by atoms with Crippen LogP contribution in [0.4, 0.5) is 20.6 Å². The van der Waals surface area contributed by atoms with Gasteiger partial charge in [-0.25, -0.2) is 14.0 Å². The summed E-state index contributed by atoms with van der Waals surface area (Å²) in [6, 6.07) is 5.55. The van der Waals surface area contributed by atoms with E-state index in [1.165, 1.54) is 10.8 Å². The highest BCUT2D eigenvalue weighted by molar-refractivity contribution is 5.99. The molecule has 188 valence electrons. The molecule has 5 rings (SSSR count). The third kappa shape index (κ3) is 3.96. The Morgan fingerprint density at radius 2 is 2.03 bits per heavy atom. The summed E-state index contributed by atoms with van der Waals surface area (Å²) in [5, 5.41) is 12.3. The minimum atomic E-state index is -1.42. The Morgan fingerprint density at radius 1 is 1.28 bits per heavy atom. The molecule has 0 radical (unpaired) electrons. The van der Waals surface area contributed by atoms with Crippen LogP contribution in [0.2, 0.25) is 0 Å². The first kappa shape index (κ1) is 23.5. The first-order valence-electron chi connectivity index (χ1n) is 11.4. The van der Waals surface area contributed by atoms with Crippen molar-refractivity contribution in [3.05, 3.63) is 52.1 Å². The number of nitrogen functional groups attached to an aromatic ring is 1. The number of amides is 1. The molecule has 4 N–H and O–H groups in total. The molecule has 1 atom stereocenters. The van der Waals surface area contributed by atoms with E-state index < -0.39 is 34.5 Å². The molecule has 1 saturated heterocycles. The summed E-state index contributed by atoms with van der Waals surface area (Å²) >= 11 is 0. The number of hydrogen-bond acceptors (Lipinski definition) is 7. The number of benzene rings is 2. The number of fused-ring (bicyclic) bond motifs is 2. The number of halogens is 1. The van der Waals surface area contributed by atoms with Crippen molar-refractivity contribution in [1.29, 1.82) is 0 Å². The highest BCUT2D eigenvalue weighted by Crippen LogP contribution is 2.47. The maximum atomic E-state index is 15.6. The summed E-state index contributed by atoms with van der Waals surface area (Å²) in [5.74, 6) is -1.79. The third-order valence-corrected chi connectivity index (χ3v) is 6.08. The van der Waals surface area contributed by atoms with E-state index in [1.54, 1.807) is 43.9 Å². The monoisotopic (exact) mass is 496 g/mol. The van der Waals surface area contributed by atoms with Crippen molar-refractivity contribution < 1.29 is 28.6 Å². The van der Waals surface area contributed by atoms with Crippen LogP contribution in [0.25, 0.3) is 16.6 Å². The third-order valence-electron chi connectivity index (χ3n) is 6.08. The number of aromatic nitrogens is 1. The molecule has 1 fully saturated rings. The van der Waals surface area contributed by atoms with Gasteiger partial charge in [0.05, 0.1) is 17.1 Å². The number of rotatable bonds is 3. The first-order valence-corrected chi connectivity index (χ1v) is 11.4. The minimum absolute atomic E-state index is 0.0788. The summed E-state index contributed by atoms with van der Waals surface area (Å²) in [4.78, 5) is 38.7. The van der Waals surface area contributed by atoms with Gasteiger partial charge in [-0.2, -0.15) is 0 Å². The Morgan fingerprint density at radius 3 is 2.72 bits per heavy atom. The first-order chi connectivity index (χ1) is 16.9. The number of nitrogens with one attached hydrogen (secondary N) is 1. The number of carbonyl (C=O) groups is 2. The van der Waals surface area contributed by atoms with Gasteiger partial charge < -0.3 is 35.1 Å². The molecule has 1 amide bonds. The lowest BCUT2D eigenvalue weighted by Gasteiger charge is -2.29. The van der Waals surface area contributed by atoms with Crippen LogP contribution < -0.4 is 26.1 Å². The molecule has 0 saturated carbocycles. The fourth-order valence-electron chi connectivity index (χ4n) is 4.63. The predicted octanol–water partition coefficient (Wildman–Crippen LogP) is 3.62. The normalized spacial score (nSPS) is 16.4. The van der Waals surface area contributed by atoms with Gasteiger partial charge in [-0.15, -0.1) is 0 Å². The molecular formula is C25H25FN4O6. The molecule has 10 nitrogen and oxygen atoms in total. The fourth-order valence-corrected chi connectivity index (χ4v) is 4.63. The second-order valence-corrected chi connectivity index (χ2v) is 9.89. The van der Waals surface area contributed by atoms with Gasteiger partial charge in [0.15, 0.2) is 17.3 Å². The Balaban J connectivity index is 1.62. The molecular weight excluding hydrogens is 471 g/mol. The number of nitrogens with zero attached hydrogens (tertiary/aromatic N) is 2. The number of carboxylic acid groups (broad SMARTS) is 1. The van der Waals surface area contributed by atoms with Crippen molar-refractivity contribution in [2.24, 2.45) is 0 Å². The lowest BCUT2D eigenvalue weighted by atomic mass is 10.1. The van der Waals surface area contributed by atoms with E-state index in [9.17, 15) is 19.5 Å². The molecule has 11 heteroatoms. The molecule has 2 aromatic carbocycles. The number of hydrogen-bond donors (Lipinski definition) is 3. The van der Waals surface area contributed by atoms with Gasteiger partial charge in [-0.05, 0) is 45.4 Å². The highest BCUT2D eigenvalue weighted by Gasteiger charge is 2.34. The van der Waals surface area contributed by atoms with E-state index in [1.807, 2.05) is 0 Å². The Hall–Kier alpha value is -4.28. The molecule has 0 spiro atoms. The van der Waals surface area contributed by atoms with Crippen molar-refractivity contribution in [2.45, 2.75) is 38.8 Å². The van der Waals surface area contributed by atoms with Crippen molar-refractivity contribution in [3.63, 3.8) is 0 Å². The van der Waals surface area contributed by atoms with Gasteiger partial charge in [0.25, 0.3) is 0 Å². The van der Waals surface area contributed by atoms with Crippen LogP contribution >= 0.6 is 0 Å². The van der Waals surface area contributed by atoms with Gasteiger partial charge in [0.2, 0.25) is 5.43 Å². The summed E-state index contributed by atoms with van der Waals surface area (Å²) in [6.45, 7) is 5.97. The number of nitrogens with two attached hydrogens (primary N) is 1. The number of alkyl carbamates (subject to hydrolysis) is 1. The van der Waals surface area contributed by atoms with Gasteiger partial charge in [0, 0.05) is 31.0 Å². The SMILES string of the molecule is CC(C)(C)OC(=O)N[C@H]1CCN(c2c(F)cc3c(=O)c(C(=O)O)cn4c3c2Oc2cc(N)ccc2-4)C1. The molecule has 3 aromatic rings. The van der Waals surface area contributed by atoms with Gasteiger partial charge in [-0.1, -0.05) is 0 Å². The second-order valence-electron chi connectivity index (χ2n) is 9.89. The van der Waals surface area contributed by atoms with Crippen molar-refractivity contribution in [3.8, 4) is 17.2 Å². The van der Waals surface area contributed by atoms with E-state index in [-0.39, 0.29) is 34.9 Å². The number of pyridine rings is 1. The van der Waals surface area contributed by atoms with Crippen molar-refractivity contribution in [2.75, 3.05) is 23.7 Å². The highest BCUT2D eigenvalue weighted by atomic mass is 19.1. The summed E-state index contributed by atoms with van der Waals surface area (Å²) in [5.41, 5.74) is 5.20. The lowest BCUT2D eigenvalue weighted by molar-refractivity contribution is 0.0508. The molecule has 2 aliphatic heterocycles. The van der Waals surface area contributed by atoms with Crippen molar-refractivity contribution in [1.82, 2.24) is 9.88 Å². The molecule has 1 aromatic heterocycles. The number of carboxylic acids is 1. The number of anilines is 2. The quantitative estimate of drug-likeness (QED) is 0.366. The second kappa shape index (κ2) is 8.14. The summed E-state index contributed by atoms with van der Waals surface area (Å²) in [6.07, 6.45) is 1.18. The topological polar surface area (TPSA) is 136 Å². The summed E-state index contributed by atoms with van der Waals surface area (Å²) < 4.78 is 28.5. The molecule has 0 bridgehead atoms. The average Bonchev–Trinajstić information content (AvgIpc) is 3.21. The van der Waals surface area contributed by atoms with Gasteiger partial charge in [0.1, 0.15) is 22.4 Å². The number of ether oxygens (including phenoxy) is 2. The van der Waals surface area contributed by atoms with Crippen LogP contribution in [-0.4, -0.2) is 46.5 Å². The predicted molar refractivity (Wildman–Crippen MR) is 131 cm³/mol. The Bertz CT molecular complexity index is 1490. The van der Waals surface area contributed by atoms with E-state index in [2.05, 4.69) is 5.32 Å².